The van der Waals surface area contributed by atoms with Gasteiger partial charge in [0.15, 0.2) is 5.82 Å². The molecule has 2 atom stereocenters. The average Bonchev–Trinajstić information content (AvgIpc) is 3.06. The predicted octanol–water partition coefficient (Wildman–Crippen LogP) is 3.49. The van der Waals surface area contributed by atoms with Gasteiger partial charge in [0, 0.05) is 29.6 Å². The smallest absolute Gasteiger partial charge is 0.257 e. The summed E-state index contributed by atoms with van der Waals surface area (Å²) in [6.45, 7) is 3.95. The molecule has 25 heavy (non-hydrogen) atoms. The Hall–Kier alpha value is -1.92. The number of hydrogen-bond donors (Lipinski definition) is 2. The minimum absolute atomic E-state index is 0. The molecule has 1 aromatic carbocycles. The van der Waals surface area contributed by atoms with Gasteiger partial charge in [0.25, 0.3) is 5.89 Å². The highest BCUT2D eigenvalue weighted by Gasteiger charge is 2.25. The minimum Gasteiger partial charge on any atom is -0.334 e. The van der Waals surface area contributed by atoms with Crippen molar-refractivity contribution in [3.63, 3.8) is 0 Å². The molecule has 1 saturated carbocycles. The van der Waals surface area contributed by atoms with E-state index in [2.05, 4.69) is 15.5 Å². The van der Waals surface area contributed by atoms with Crippen molar-refractivity contribution >= 4 is 24.0 Å². The van der Waals surface area contributed by atoms with Crippen LogP contribution in [-0.2, 0) is 11.2 Å². The molecule has 6 nitrogen and oxygen atoms in total. The highest BCUT2D eigenvalue weighted by atomic mass is 35.5. The van der Waals surface area contributed by atoms with Gasteiger partial charge >= 0.3 is 0 Å². The van der Waals surface area contributed by atoms with Crippen LogP contribution < -0.4 is 11.1 Å². The van der Waals surface area contributed by atoms with E-state index >= 15 is 0 Å². The molecule has 1 amide bonds. The Labute approximate surface area is 154 Å². The SMILES string of the molecule is CCc1noc(-c2ccc(C)c(NC(=O)C3CCCC(N)C3)c2)n1.Cl. The molecule has 7 heteroatoms. The van der Waals surface area contributed by atoms with E-state index in [4.69, 9.17) is 10.3 Å². The van der Waals surface area contributed by atoms with Crippen LogP contribution in [0.2, 0.25) is 0 Å². The molecular weight excluding hydrogens is 340 g/mol. The number of aryl methyl sites for hydroxylation is 2. The lowest BCUT2D eigenvalue weighted by atomic mass is 9.85. The molecule has 0 aliphatic heterocycles. The second-order valence-corrected chi connectivity index (χ2v) is 6.51. The summed E-state index contributed by atoms with van der Waals surface area (Å²) in [5.74, 6) is 1.19. The van der Waals surface area contributed by atoms with Gasteiger partial charge in [-0.15, -0.1) is 12.4 Å². The van der Waals surface area contributed by atoms with Crippen LogP contribution >= 0.6 is 12.4 Å². The first kappa shape index (κ1) is 19.4. The van der Waals surface area contributed by atoms with Crippen molar-refractivity contribution in [2.75, 3.05) is 5.32 Å². The Morgan fingerprint density at radius 1 is 1.40 bits per heavy atom. The van der Waals surface area contributed by atoms with E-state index in [9.17, 15) is 4.79 Å². The molecule has 2 aromatic rings. The average molecular weight is 365 g/mol. The summed E-state index contributed by atoms with van der Waals surface area (Å²) in [7, 11) is 0. The Balaban J connectivity index is 0.00000225. The first-order chi connectivity index (χ1) is 11.6. The van der Waals surface area contributed by atoms with Crippen molar-refractivity contribution in [1.82, 2.24) is 10.1 Å². The van der Waals surface area contributed by atoms with Crippen molar-refractivity contribution in [3.8, 4) is 11.5 Å². The van der Waals surface area contributed by atoms with Gasteiger partial charge in [-0.2, -0.15) is 4.98 Å². The quantitative estimate of drug-likeness (QED) is 0.866. The van der Waals surface area contributed by atoms with E-state index in [1.807, 2.05) is 32.0 Å². The molecule has 1 aliphatic rings. The van der Waals surface area contributed by atoms with Gasteiger partial charge in [0.05, 0.1) is 0 Å². The van der Waals surface area contributed by atoms with E-state index in [1.54, 1.807) is 0 Å². The van der Waals surface area contributed by atoms with Crippen molar-refractivity contribution < 1.29 is 9.32 Å². The van der Waals surface area contributed by atoms with Crippen LogP contribution in [-0.4, -0.2) is 22.1 Å². The van der Waals surface area contributed by atoms with Crippen molar-refractivity contribution in [2.24, 2.45) is 11.7 Å². The highest BCUT2D eigenvalue weighted by Crippen LogP contribution is 2.28. The minimum atomic E-state index is -0.00750. The lowest BCUT2D eigenvalue weighted by molar-refractivity contribution is -0.120. The van der Waals surface area contributed by atoms with Crippen LogP contribution in [0.25, 0.3) is 11.5 Å². The van der Waals surface area contributed by atoms with Gasteiger partial charge in [-0.1, -0.05) is 24.6 Å². The number of hydrogen-bond acceptors (Lipinski definition) is 5. The maximum absolute atomic E-state index is 12.5. The first-order valence-electron chi connectivity index (χ1n) is 8.57. The molecule has 3 N–H and O–H groups in total. The number of halogens is 1. The molecule has 0 saturated heterocycles. The first-order valence-corrected chi connectivity index (χ1v) is 8.57. The Morgan fingerprint density at radius 2 is 2.20 bits per heavy atom. The Kier molecular flexibility index (Phi) is 6.56. The van der Waals surface area contributed by atoms with Gasteiger partial charge in [0.2, 0.25) is 5.91 Å². The summed E-state index contributed by atoms with van der Waals surface area (Å²) in [6.07, 6.45) is 4.41. The number of anilines is 1. The number of nitrogens with zero attached hydrogens (tertiary/aromatic N) is 2. The maximum Gasteiger partial charge on any atom is 0.257 e. The number of benzene rings is 1. The zero-order valence-corrected chi connectivity index (χ0v) is 15.4. The van der Waals surface area contributed by atoms with Gasteiger partial charge in [-0.25, -0.2) is 0 Å². The zero-order chi connectivity index (χ0) is 17.1. The van der Waals surface area contributed by atoms with Gasteiger partial charge in [-0.3, -0.25) is 4.79 Å². The van der Waals surface area contributed by atoms with Crippen molar-refractivity contribution in [1.29, 1.82) is 0 Å². The zero-order valence-electron chi connectivity index (χ0n) is 14.6. The summed E-state index contributed by atoms with van der Waals surface area (Å²) in [6, 6.07) is 5.90. The highest BCUT2D eigenvalue weighted by molar-refractivity contribution is 5.94. The van der Waals surface area contributed by atoms with Crippen LogP contribution in [0, 0.1) is 12.8 Å². The van der Waals surface area contributed by atoms with Crippen molar-refractivity contribution in [3.05, 3.63) is 29.6 Å². The molecule has 1 heterocycles. The van der Waals surface area contributed by atoms with E-state index < -0.39 is 0 Å². The maximum atomic E-state index is 12.5. The van der Waals surface area contributed by atoms with Gasteiger partial charge in [0.1, 0.15) is 0 Å². The van der Waals surface area contributed by atoms with Crippen LogP contribution in [0.1, 0.15) is 44.0 Å². The number of carbonyl (C=O) groups excluding carboxylic acids is 1. The number of nitrogens with one attached hydrogen (secondary N) is 1. The fraction of sp³-hybridized carbons (Fsp3) is 0.500. The van der Waals surface area contributed by atoms with E-state index in [-0.39, 0.29) is 30.3 Å². The van der Waals surface area contributed by atoms with Gasteiger partial charge in [-0.05, 0) is 43.9 Å². The lowest BCUT2D eigenvalue weighted by Gasteiger charge is -2.26. The standard InChI is InChI=1S/C18H24N4O2.ClH/c1-3-16-21-18(24-22-16)13-8-7-11(2)15(10-13)20-17(23)12-5-4-6-14(19)9-12;/h7-8,10,12,14H,3-6,9,19H2,1-2H3,(H,20,23);1H. The number of aromatic nitrogens is 2. The largest absolute Gasteiger partial charge is 0.334 e. The fourth-order valence-corrected chi connectivity index (χ4v) is 3.11. The normalized spacial score (nSPS) is 20.0. The molecular formula is C18H25ClN4O2. The number of rotatable bonds is 4. The second-order valence-electron chi connectivity index (χ2n) is 6.51. The summed E-state index contributed by atoms with van der Waals surface area (Å²) in [5, 5.41) is 6.97. The van der Waals surface area contributed by atoms with Crippen LogP contribution in [0.15, 0.2) is 22.7 Å². The lowest BCUT2D eigenvalue weighted by Crippen LogP contribution is -2.34. The summed E-state index contributed by atoms with van der Waals surface area (Å²) in [4.78, 5) is 16.9. The third-order valence-corrected chi connectivity index (χ3v) is 4.61. The molecule has 0 bridgehead atoms. The van der Waals surface area contributed by atoms with E-state index in [0.717, 1.165) is 48.9 Å². The Morgan fingerprint density at radius 3 is 2.88 bits per heavy atom. The third kappa shape index (κ3) is 4.58. The monoisotopic (exact) mass is 364 g/mol. The Bertz CT molecular complexity index is 732. The van der Waals surface area contributed by atoms with Crippen molar-refractivity contribution in [2.45, 2.75) is 52.0 Å². The molecule has 1 fully saturated rings. The molecule has 1 aliphatic carbocycles. The molecule has 3 rings (SSSR count). The van der Waals surface area contributed by atoms with Crippen LogP contribution in [0.4, 0.5) is 5.69 Å². The number of amides is 1. The van der Waals surface area contributed by atoms with E-state index in [0.29, 0.717) is 11.7 Å². The van der Waals surface area contributed by atoms with Crippen LogP contribution in [0.3, 0.4) is 0 Å². The number of carbonyl (C=O) groups is 1. The van der Waals surface area contributed by atoms with Gasteiger partial charge < -0.3 is 15.6 Å². The molecule has 2 unspecified atom stereocenters. The second kappa shape index (κ2) is 8.45. The topological polar surface area (TPSA) is 94.0 Å². The summed E-state index contributed by atoms with van der Waals surface area (Å²) < 4.78 is 5.28. The molecule has 136 valence electrons. The summed E-state index contributed by atoms with van der Waals surface area (Å²) in [5.41, 5.74) is 8.59. The molecule has 0 spiro atoms. The predicted molar refractivity (Wildman–Crippen MR) is 99.7 cm³/mol. The summed E-state index contributed by atoms with van der Waals surface area (Å²) >= 11 is 0. The molecule has 1 aromatic heterocycles. The fourth-order valence-electron chi connectivity index (χ4n) is 3.11. The molecule has 0 radical (unpaired) electrons. The van der Waals surface area contributed by atoms with Crippen LogP contribution in [0.5, 0.6) is 0 Å². The third-order valence-electron chi connectivity index (χ3n) is 4.61. The number of nitrogens with two attached hydrogens (primary N) is 1. The van der Waals surface area contributed by atoms with E-state index in [1.165, 1.54) is 0 Å².